The second-order valence-corrected chi connectivity index (χ2v) is 7.46. The number of carbonyl (C=O) groups is 1. The fourth-order valence-electron chi connectivity index (χ4n) is 4.21. The highest BCUT2D eigenvalue weighted by Crippen LogP contribution is 2.35. The molecule has 0 aliphatic carbocycles. The molecule has 27 heavy (non-hydrogen) atoms. The minimum Gasteiger partial charge on any atom is -0.326 e. The van der Waals surface area contributed by atoms with Gasteiger partial charge in [0, 0.05) is 49.8 Å². The standard InChI is InChI=1S/C21H25FN4O/c1-14(27)23-16-8-6-15(7-9-16)12-26-11-10-20-18(13-26)21(25-24-20)17-4-2-3-5-19(17)22/h2-9,18,20-21,24-25H,10-13H2,1H3,(H,23,27). The van der Waals surface area contributed by atoms with Gasteiger partial charge in [0.05, 0.1) is 6.04 Å². The molecule has 3 unspecified atom stereocenters. The lowest BCUT2D eigenvalue weighted by atomic mass is 9.85. The summed E-state index contributed by atoms with van der Waals surface area (Å²) in [6, 6.07) is 15.4. The SMILES string of the molecule is CC(=O)Nc1ccc(CN2CCC3NNC(c4ccccc4F)C3C2)cc1. The molecule has 3 atom stereocenters. The highest BCUT2D eigenvalue weighted by Gasteiger charge is 2.41. The largest absolute Gasteiger partial charge is 0.326 e. The van der Waals surface area contributed by atoms with Crippen LogP contribution in [0, 0.1) is 11.7 Å². The van der Waals surface area contributed by atoms with Crippen molar-refractivity contribution in [1.29, 1.82) is 0 Å². The summed E-state index contributed by atoms with van der Waals surface area (Å²) in [6.07, 6.45) is 1.03. The number of hydrazine groups is 1. The molecule has 1 amide bonds. The normalized spacial score (nSPS) is 25.2. The zero-order valence-electron chi connectivity index (χ0n) is 15.4. The summed E-state index contributed by atoms with van der Waals surface area (Å²) < 4.78 is 14.3. The van der Waals surface area contributed by atoms with Crippen LogP contribution >= 0.6 is 0 Å². The Bertz CT molecular complexity index is 810. The van der Waals surface area contributed by atoms with Crippen molar-refractivity contribution in [3.05, 3.63) is 65.5 Å². The van der Waals surface area contributed by atoms with Gasteiger partial charge < -0.3 is 5.32 Å². The molecular weight excluding hydrogens is 343 g/mol. The Morgan fingerprint density at radius 3 is 2.70 bits per heavy atom. The monoisotopic (exact) mass is 368 g/mol. The third-order valence-corrected chi connectivity index (χ3v) is 5.52. The highest BCUT2D eigenvalue weighted by atomic mass is 19.1. The van der Waals surface area contributed by atoms with Crippen LogP contribution in [0.15, 0.2) is 48.5 Å². The van der Waals surface area contributed by atoms with Crippen LogP contribution in [0.25, 0.3) is 0 Å². The topological polar surface area (TPSA) is 56.4 Å². The fourth-order valence-corrected chi connectivity index (χ4v) is 4.21. The van der Waals surface area contributed by atoms with Gasteiger partial charge in [0.25, 0.3) is 0 Å². The molecule has 2 fully saturated rings. The quantitative estimate of drug-likeness (QED) is 0.777. The van der Waals surface area contributed by atoms with E-state index in [4.69, 9.17) is 0 Å². The number of piperidine rings is 1. The van der Waals surface area contributed by atoms with Crippen LogP contribution in [0.2, 0.25) is 0 Å². The predicted octanol–water partition coefficient (Wildman–Crippen LogP) is 2.82. The molecule has 5 nitrogen and oxygen atoms in total. The smallest absolute Gasteiger partial charge is 0.221 e. The van der Waals surface area contributed by atoms with E-state index >= 15 is 0 Å². The Morgan fingerprint density at radius 1 is 1.19 bits per heavy atom. The molecule has 6 heteroatoms. The van der Waals surface area contributed by atoms with Crippen LogP contribution in [0.4, 0.5) is 10.1 Å². The molecule has 2 aromatic rings. The van der Waals surface area contributed by atoms with Gasteiger partial charge in [-0.05, 0) is 30.2 Å². The van der Waals surface area contributed by atoms with E-state index in [0.29, 0.717) is 12.0 Å². The molecule has 0 saturated carbocycles. The molecule has 0 spiro atoms. The van der Waals surface area contributed by atoms with Crippen LogP contribution in [0.5, 0.6) is 0 Å². The van der Waals surface area contributed by atoms with Crippen molar-refractivity contribution < 1.29 is 9.18 Å². The maximum atomic E-state index is 14.3. The first-order valence-electron chi connectivity index (χ1n) is 9.44. The Labute approximate surface area is 158 Å². The van der Waals surface area contributed by atoms with Crippen molar-refractivity contribution in [2.24, 2.45) is 5.92 Å². The average Bonchev–Trinajstić information content (AvgIpc) is 3.06. The predicted molar refractivity (Wildman–Crippen MR) is 103 cm³/mol. The number of amides is 1. The van der Waals surface area contributed by atoms with Gasteiger partial charge in [-0.25, -0.2) is 9.82 Å². The number of anilines is 1. The number of hydrogen-bond donors (Lipinski definition) is 3. The first-order valence-corrected chi connectivity index (χ1v) is 9.44. The number of hydrogen-bond acceptors (Lipinski definition) is 4. The van der Waals surface area contributed by atoms with Crippen molar-refractivity contribution in [1.82, 2.24) is 15.8 Å². The van der Waals surface area contributed by atoms with E-state index in [0.717, 1.165) is 37.3 Å². The van der Waals surface area contributed by atoms with Crippen molar-refractivity contribution in [3.63, 3.8) is 0 Å². The molecule has 2 heterocycles. The zero-order valence-corrected chi connectivity index (χ0v) is 15.4. The molecule has 4 rings (SSSR count). The Hall–Kier alpha value is -2.28. The molecular formula is C21H25FN4O. The number of halogens is 1. The molecule has 3 N–H and O–H groups in total. The van der Waals surface area contributed by atoms with Crippen molar-refractivity contribution in [2.75, 3.05) is 18.4 Å². The summed E-state index contributed by atoms with van der Waals surface area (Å²) in [4.78, 5) is 13.6. The molecule has 0 bridgehead atoms. The molecule has 142 valence electrons. The zero-order chi connectivity index (χ0) is 18.8. The number of nitrogens with zero attached hydrogens (tertiary/aromatic N) is 1. The lowest BCUT2D eigenvalue weighted by Crippen LogP contribution is -2.45. The van der Waals surface area contributed by atoms with Crippen LogP contribution in [0.1, 0.15) is 30.5 Å². The Morgan fingerprint density at radius 2 is 1.96 bits per heavy atom. The summed E-state index contributed by atoms with van der Waals surface area (Å²) in [5, 5.41) is 2.79. The molecule has 2 aromatic carbocycles. The third kappa shape index (κ3) is 4.03. The van der Waals surface area contributed by atoms with Gasteiger partial charge in [0.15, 0.2) is 0 Å². The molecule has 0 radical (unpaired) electrons. The second-order valence-electron chi connectivity index (χ2n) is 7.46. The van der Waals surface area contributed by atoms with Crippen LogP contribution in [-0.2, 0) is 11.3 Å². The van der Waals surface area contributed by atoms with Crippen molar-refractivity contribution >= 4 is 11.6 Å². The third-order valence-electron chi connectivity index (χ3n) is 5.52. The van der Waals surface area contributed by atoms with E-state index in [1.165, 1.54) is 18.6 Å². The molecule has 0 aromatic heterocycles. The maximum absolute atomic E-state index is 14.3. The molecule has 2 saturated heterocycles. The first-order chi connectivity index (χ1) is 13.1. The summed E-state index contributed by atoms with van der Waals surface area (Å²) in [7, 11) is 0. The van der Waals surface area contributed by atoms with Crippen LogP contribution in [-0.4, -0.2) is 29.9 Å². The van der Waals surface area contributed by atoms with E-state index in [1.807, 2.05) is 24.3 Å². The van der Waals surface area contributed by atoms with Gasteiger partial charge in [0.2, 0.25) is 5.91 Å². The lowest BCUT2D eigenvalue weighted by molar-refractivity contribution is -0.114. The summed E-state index contributed by atoms with van der Waals surface area (Å²) in [5.41, 5.74) is 9.43. The van der Waals surface area contributed by atoms with Gasteiger partial charge in [-0.15, -0.1) is 0 Å². The van der Waals surface area contributed by atoms with Crippen molar-refractivity contribution in [2.45, 2.75) is 32.0 Å². The van der Waals surface area contributed by atoms with Crippen molar-refractivity contribution in [3.8, 4) is 0 Å². The molecule has 2 aliphatic rings. The number of benzene rings is 2. The van der Waals surface area contributed by atoms with Crippen LogP contribution < -0.4 is 16.2 Å². The van der Waals surface area contributed by atoms with Gasteiger partial charge in [-0.2, -0.15) is 0 Å². The van der Waals surface area contributed by atoms with Crippen LogP contribution in [0.3, 0.4) is 0 Å². The Balaban J connectivity index is 1.43. The number of likely N-dealkylation sites (tertiary alicyclic amines) is 1. The van der Waals surface area contributed by atoms with Gasteiger partial charge in [-0.3, -0.25) is 15.1 Å². The minimum absolute atomic E-state index is 0.0128. The fraction of sp³-hybridized carbons (Fsp3) is 0.381. The lowest BCUT2D eigenvalue weighted by Gasteiger charge is -2.36. The number of carbonyl (C=O) groups excluding carboxylic acids is 1. The maximum Gasteiger partial charge on any atom is 0.221 e. The highest BCUT2D eigenvalue weighted by molar-refractivity contribution is 5.88. The number of nitrogens with one attached hydrogen (secondary N) is 3. The summed E-state index contributed by atoms with van der Waals surface area (Å²) in [6.45, 7) is 4.28. The number of fused-ring (bicyclic) bond motifs is 1. The van der Waals surface area contributed by atoms with E-state index in [9.17, 15) is 9.18 Å². The van der Waals surface area contributed by atoms with E-state index in [1.54, 1.807) is 6.07 Å². The molecule has 2 aliphatic heterocycles. The van der Waals surface area contributed by atoms with E-state index < -0.39 is 0 Å². The first kappa shape index (κ1) is 18.1. The van der Waals surface area contributed by atoms with Gasteiger partial charge >= 0.3 is 0 Å². The average molecular weight is 368 g/mol. The van der Waals surface area contributed by atoms with E-state index in [-0.39, 0.29) is 17.8 Å². The summed E-state index contributed by atoms with van der Waals surface area (Å²) >= 11 is 0. The Kier molecular flexibility index (Phi) is 5.20. The van der Waals surface area contributed by atoms with Gasteiger partial charge in [0.1, 0.15) is 5.82 Å². The number of rotatable bonds is 4. The second kappa shape index (κ2) is 7.76. The van der Waals surface area contributed by atoms with Gasteiger partial charge in [-0.1, -0.05) is 30.3 Å². The van der Waals surface area contributed by atoms with E-state index in [2.05, 4.69) is 33.2 Å². The minimum atomic E-state index is -0.150. The summed E-state index contributed by atoms with van der Waals surface area (Å²) in [5.74, 6) is 0.114.